The van der Waals surface area contributed by atoms with E-state index in [9.17, 15) is 4.79 Å². The number of ether oxygens (including phenoxy) is 2. The summed E-state index contributed by atoms with van der Waals surface area (Å²) in [4.78, 5) is 12.8. The number of carbonyl (C=O) groups is 1. The minimum Gasteiger partial charge on any atom is -0.493 e. The summed E-state index contributed by atoms with van der Waals surface area (Å²) >= 11 is 0. The van der Waals surface area contributed by atoms with E-state index in [2.05, 4.69) is 70.4 Å². The Balaban J connectivity index is 1.66. The maximum Gasteiger partial charge on any atom is 0.314 e. The van der Waals surface area contributed by atoms with Crippen LogP contribution in [0.5, 0.6) is 5.75 Å². The number of hydrogen-bond donors (Lipinski definition) is 0. The maximum absolute atomic E-state index is 12.8. The van der Waals surface area contributed by atoms with Crippen molar-refractivity contribution in [1.82, 2.24) is 0 Å². The first-order chi connectivity index (χ1) is 17.9. The smallest absolute Gasteiger partial charge is 0.314 e. The molecule has 4 nitrogen and oxygen atoms in total. The summed E-state index contributed by atoms with van der Waals surface area (Å²) < 4.78 is 12.5. The fraction of sp³-hybridized carbons (Fsp3) is 0.606. The Morgan fingerprint density at radius 3 is 2.14 bits per heavy atom. The zero-order chi connectivity index (χ0) is 26.8. The van der Waals surface area contributed by atoms with Gasteiger partial charge < -0.3 is 14.0 Å². The molecule has 2 aromatic rings. The molecule has 0 heterocycles. The highest BCUT2D eigenvalue weighted by Gasteiger charge is 2.27. The molecule has 0 N–H and O–H groups in total. The van der Waals surface area contributed by atoms with E-state index in [0.29, 0.717) is 19.6 Å². The number of benzene rings is 2. The van der Waals surface area contributed by atoms with Crippen molar-refractivity contribution < 1.29 is 18.8 Å². The highest BCUT2D eigenvalue weighted by atomic mass is 16.5. The van der Waals surface area contributed by atoms with E-state index in [-0.39, 0.29) is 11.9 Å². The molecule has 0 radical (unpaired) electrons. The van der Waals surface area contributed by atoms with E-state index in [1.54, 1.807) is 0 Å². The number of nitrogens with zero attached hydrogens (tertiary/aromatic N) is 1. The van der Waals surface area contributed by atoms with Crippen LogP contribution >= 0.6 is 0 Å². The zero-order valence-corrected chi connectivity index (χ0v) is 24.1. The minimum atomic E-state index is -0.0907. The van der Waals surface area contributed by atoms with Gasteiger partial charge in [-0.3, -0.25) is 4.79 Å². The Kier molecular flexibility index (Phi) is 15.0. The summed E-state index contributed by atoms with van der Waals surface area (Å²) in [6.45, 7) is 6.98. The maximum atomic E-state index is 12.8. The third kappa shape index (κ3) is 13.2. The van der Waals surface area contributed by atoms with Crippen LogP contribution in [-0.2, 0) is 22.5 Å². The largest absolute Gasteiger partial charge is 0.493 e. The van der Waals surface area contributed by atoms with Crippen LogP contribution in [0.1, 0.15) is 89.2 Å². The van der Waals surface area contributed by atoms with Gasteiger partial charge in [0.2, 0.25) is 0 Å². The first-order valence-electron chi connectivity index (χ1n) is 14.7. The summed E-state index contributed by atoms with van der Waals surface area (Å²) in [6.07, 6.45) is 13.2. The van der Waals surface area contributed by atoms with Crippen LogP contribution in [0.15, 0.2) is 54.6 Å². The molecule has 0 aliphatic carbocycles. The van der Waals surface area contributed by atoms with Crippen molar-refractivity contribution in [2.45, 2.75) is 91.0 Å². The molecule has 0 aliphatic heterocycles. The fourth-order valence-corrected chi connectivity index (χ4v) is 4.94. The molecule has 4 heteroatoms. The Morgan fingerprint density at radius 2 is 1.43 bits per heavy atom. The van der Waals surface area contributed by atoms with Crippen LogP contribution in [0.2, 0.25) is 0 Å². The Hall–Kier alpha value is -2.33. The van der Waals surface area contributed by atoms with Crippen molar-refractivity contribution in [3.05, 3.63) is 65.7 Å². The quantitative estimate of drug-likeness (QED) is 0.103. The van der Waals surface area contributed by atoms with Gasteiger partial charge in [-0.15, -0.1) is 0 Å². The molecule has 37 heavy (non-hydrogen) atoms. The number of hydrogen-bond acceptors (Lipinski definition) is 3. The van der Waals surface area contributed by atoms with E-state index in [4.69, 9.17) is 9.47 Å². The van der Waals surface area contributed by atoms with Crippen molar-refractivity contribution in [1.29, 1.82) is 0 Å². The lowest BCUT2D eigenvalue weighted by Crippen LogP contribution is -2.44. The van der Waals surface area contributed by atoms with Crippen molar-refractivity contribution >= 4 is 5.97 Å². The molecule has 2 aromatic carbocycles. The first kappa shape index (κ1) is 30.9. The lowest BCUT2D eigenvalue weighted by atomic mass is 10.0. The van der Waals surface area contributed by atoms with Crippen LogP contribution in [0.4, 0.5) is 0 Å². The molecule has 1 unspecified atom stereocenters. The van der Waals surface area contributed by atoms with Gasteiger partial charge in [-0.25, -0.2) is 0 Å². The highest BCUT2D eigenvalue weighted by Crippen LogP contribution is 2.21. The number of para-hydroxylation sites is 1. The molecular formula is C33H52NO3+. The van der Waals surface area contributed by atoms with Gasteiger partial charge >= 0.3 is 5.97 Å². The molecule has 0 saturated carbocycles. The molecule has 0 amide bonds. The van der Waals surface area contributed by atoms with E-state index in [1.807, 2.05) is 12.1 Å². The molecule has 0 aliphatic rings. The van der Waals surface area contributed by atoms with Crippen molar-refractivity contribution in [2.75, 3.05) is 33.9 Å². The van der Waals surface area contributed by atoms with Crippen LogP contribution in [0.3, 0.4) is 0 Å². The van der Waals surface area contributed by atoms with Gasteiger partial charge in [-0.2, -0.15) is 0 Å². The number of carbonyl (C=O) groups excluding carboxylic acids is 1. The average molecular weight is 511 g/mol. The summed E-state index contributed by atoms with van der Waals surface area (Å²) in [5.74, 6) is 0.798. The summed E-state index contributed by atoms with van der Waals surface area (Å²) in [7, 11) is 4.36. The fourth-order valence-electron chi connectivity index (χ4n) is 4.94. The molecule has 0 saturated heterocycles. The third-order valence-electron chi connectivity index (χ3n) is 7.06. The van der Waals surface area contributed by atoms with Gasteiger partial charge in [0.1, 0.15) is 18.2 Å². The molecule has 0 aromatic heterocycles. The van der Waals surface area contributed by atoms with Crippen LogP contribution in [0, 0.1) is 5.92 Å². The minimum absolute atomic E-state index is 0.0862. The van der Waals surface area contributed by atoms with Crippen molar-refractivity contribution in [3.63, 3.8) is 0 Å². The monoisotopic (exact) mass is 510 g/mol. The number of unbranched alkanes of at least 4 members (excludes halogenated alkanes) is 7. The SMILES string of the molecule is CCCCCCCCCCc1ccccc1OCCCOC(=O)C(CC)C[N+](C)(C)Cc1ccccc1. The predicted octanol–water partition coefficient (Wildman–Crippen LogP) is 7.98. The van der Waals surface area contributed by atoms with Gasteiger partial charge in [0.15, 0.2) is 0 Å². The van der Waals surface area contributed by atoms with Gasteiger partial charge in [-0.05, 0) is 30.9 Å². The lowest BCUT2D eigenvalue weighted by molar-refractivity contribution is -0.906. The van der Waals surface area contributed by atoms with Crippen LogP contribution < -0.4 is 4.74 Å². The average Bonchev–Trinajstić information content (AvgIpc) is 2.89. The summed E-state index contributed by atoms with van der Waals surface area (Å²) in [6, 6.07) is 18.8. The molecule has 0 spiro atoms. The van der Waals surface area contributed by atoms with Crippen LogP contribution in [0.25, 0.3) is 0 Å². The molecule has 206 valence electrons. The van der Waals surface area contributed by atoms with Gasteiger partial charge in [-0.1, -0.05) is 107 Å². The van der Waals surface area contributed by atoms with Gasteiger partial charge in [0.25, 0.3) is 0 Å². The third-order valence-corrected chi connectivity index (χ3v) is 7.06. The molecular weight excluding hydrogens is 458 g/mol. The molecule has 0 bridgehead atoms. The van der Waals surface area contributed by atoms with Crippen LogP contribution in [-0.4, -0.2) is 44.3 Å². The van der Waals surface area contributed by atoms with Crippen molar-refractivity contribution in [2.24, 2.45) is 5.92 Å². The Bertz CT molecular complexity index is 865. The van der Waals surface area contributed by atoms with Gasteiger partial charge in [0, 0.05) is 12.0 Å². The molecule has 0 fully saturated rings. The highest BCUT2D eigenvalue weighted by molar-refractivity contribution is 5.72. The Labute approximate surface area is 227 Å². The van der Waals surface area contributed by atoms with E-state index in [1.165, 1.54) is 62.5 Å². The Morgan fingerprint density at radius 1 is 0.784 bits per heavy atom. The van der Waals surface area contributed by atoms with E-state index in [0.717, 1.165) is 36.2 Å². The molecule has 1 atom stereocenters. The van der Waals surface area contributed by atoms with E-state index < -0.39 is 0 Å². The van der Waals surface area contributed by atoms with E-state index >= 15 is 0 Å². The number of quaternary nitrogens is 1. The lowest BCUT2D eigenvalue weighted by Gasteiger charge is -2.32. The first-order valence-corrected chi connectivity index (χ1v) is 14.7. The number of rotatable bonds is 20. The summed E-state index contributed by atoms with van der Waals surface area (Å²) in [5.41, 5.74) is 2.57. The van der Waals surface area contributed by atoms with Crippen molar-refractivity contribution in [3.8, 4) is 5.75 Å². The second-order valence-corrected chi connectivity index (χ2v) is 11.1. The second kappa shape index (κ2) is 18.0. The standard InChI is InChI=1S/C33H52NO3/c1-5-7-8-9-10-11-12-16-22-31-23-17-18-24-32(31)36-25-19-26-37-33(35)30(6-2)28-34(3,4)27-29-20-14-13-15-21-29/h13-15,17-18,20-21,23-24,30H,5-12,16,19,22,25-28H2,1-4H3/q+1. The normalized spacial score (nSPS) is 12.3. The second-order valence-electron chi connectivity index (χ2n) is 11.1. The zero-order valence-electron chi connectivity index (χ0n) is 24.1. The number of aryl methyl sites for hydroxylation is 1. The summed E-state index contributed by atoms with van der Waals surface area (Å²) in [5, 5.41) is 0. The number of esters is 1. The predicted molar refractivity (Wildman–Crippen MR) is 155 cm³/mol. The topological polar surface area (TPSA) is 35.5 Å². The molecule has 2 rings (SSSR count). The van der Waals surface area contributed by atoms with Gasteiger partial charge in [0.05, 0.1) is 33.9 Å².